The van der Waals surface area contributed by atoms with E-state index in [2.05, 4.69) is 0 Å². The van der Waals surface area contributed by atoms with Gasteiger partial charge in [0.2, 0.25) is 5.91 Å². The molecule has 0 aliphatic carbocycles. The summed E-state index contributed by atoms with van der Waals surface area (Å²) >= 11 is 5.60. The fraction of sp³-hybridized carbons (Fsp3) is 0. The Morgan fingerprint density at radius 2 is 2.23 bits per heavy atom. The Balaban J connectivity index is 3.02. The molecule has 0 aliphatic rings. The van der Waals surface area contributed by atoms with Gasteiger partial charge in [-0.2, -0.15) is 0 Å². The van der Waals surface area contributed by atoms with Crippen molar-refractivity contribution in [2.24, 2.45) is 5.73 Å². The number of carbonyl (C=O) groups is 1. The first-order valence-corrected chi connectivity index (χ1v) is 3.90. The molecule has 0 unspecified atom stereocenters. The van der Waals surface area contributed by atoms with E-state index in [0.717, 1.165) is 6.08 Å². The highest BCUT2D eigenvalue weighted by Gasteiger charge is 2.01. The number of halogens is 2. The number of hydrogen-bond donors (Lipinski definition) is 1. The molecule has 68 valence electrons. The number of carbonyl (C=O) groups excluding carboxylic acids is 1. The molecule has 13 heavy (non-hydrogen) atoms. The van der Waals surface area contributed by atoms with Crippen molar-refractivity contribution >= 4 is 23.6 Å². The normalized spacial score (nSPS) is 10.6. The van der Waals surface area contributed by atoms with Gasteiger partial charge in [-0.25, -0.2) is 4.39 Å². The monoisotopic (exact) mass is 199 g/mol. The molecule has 0 atom stereocenters. The van der Waals surface area contributed by atoms with Crippen LogP contribution in [0.5, 0.6) is 0 Å². The number of amides is 1. The molecular weight excluding hydrogens is 193 g/mol. The van der Waals surface area contributed by atoms with Crippen LogP contribution in [0.15, 0.2) is 24.3 Å². The average Bonchev–Trinajstić information content (AvgIpc) is 2.07. The average molecular weight is 200 g/mol. The molecular formula is C9H7ClFNO. The summed E-state index contributed by atoms with van der Waals surface area (Å²) in [6, 6.07) is 4.33. The molecule has 0 spiro atoms. The number of primary amides is 1. The summed E-state index contributed by atoms with van der Waals surface area (Å²) in [6.07, 6.45) is 2.49. The van der Waals surface area contributed by atoms with E-state index >= 15 is 0 Å². The standard InChI is InChI=1S/C9H7ClFNO/c10-9-6(4-5-8(12)13)2-1-3-7(9)11/h1-5H,(H2,12,13). The SMILES string of the molecule is NC(=O)C=Cc1cccc(F)c1Cl. The van der Waals surface area contributed by atoms with E-state index in [-0.39, 0.29) is 5.02 Å². The molecule has 0 saturated carbocycles. The topological polar surface area (TPSA) is 43.1 Å². The van der Waals surface area contributed by atoms with Crippen molar-refractivity contribution in [3.05, 3.63) is 40.7 Å². The molecule has 0 saturated heterocycles. The van der Waals surface area contributed by atoms with Crippen LogP contribution in [0.3, 0.4) is 0 Å². The van der Waals surface area contributed by atoms with Gasteiger partial charge in [0.25, 0.3) is 0 Å². The lowest BCUT2D eigenvalue weighted by molar-refractivity contribution is -0.113. The Morgan fingerprint density at radius 1 is 1.54 bits per heavy atom. The smallest absolute Gasteiger partial charge is 0.241 e. The zero-order chi connectivity index (χ0) is 9.84. The summed E-state index contributed by atoms with van der Waals surface area (Å²) in [7, 11) is 0. The maximum Gasteiger partial charge on any atom is 0.241 e. The Hall–Kier alpha value is -1.35. The van der Waals surface area contributed by atoms with Gasteiger partial charge in [0.1, 0.15) is 5.82 Å². The van der Waals surface area contributed by atoms with Crippen molar-refractivity contribution in [3.8, 4) is 0 Å². The molecule has 2 N–H and O–H groups in total. The van der Waals surface area contributed by atoms with Gasteiger partial charge in [0.15, 0.2) is 0 Å². The second kappa shape index (κ2) is 4.05. The highest BCUT2D eigenvalue weighted by atomic mass is 35.5. The van der Waals surface area contributed by atoms with Crippen molar-refractivity contribution in [1.29, 1.82) is 0 Å². The van der Waals surface area contributed by atoms with Gasteiger partial charge < -0.3 is 5.73 Å². The maximum absolute atomic E-state index is 12.8. The van der Waals surface area contributed by atoms with Crippen molar-refractivity contribution in [1.82, 2.24) is 0 Å². The van der Waals surface area contributed by atoms with Crippen LogP contribution in [0, 0.1) is 5.82 Å². The zero-order valence-corrected chi connectivity index (χ0v) is 7.38. The molecule has 0 bridgehead atoms. The molecule has 1 aromatic rings. The van der Waals surface area contributed by atoms with Crippen LogP contribution in [-0.2, 0) is 4.79 Å². The lowest BCUT2D eigenvalue weighted by Gasteiger charge is -1.97. The maximum atomic E-state index is 12.8. The van der Waals surface area contributed by atoms with Crippen LogP contribution in [0.2, 0.25) is 5.02 Å². The van der Waals surface area contributed by atoms with Crippen molar-refractivity contribution in [2.45, 2.75) is 0 Å². The Kier molecular flexibility index (Phi) is 3.03. The van der Waals surface area contributed by atoms with Crippen molar-refractivity contribution < 1.29 is 9.18 Å². The van der Waals surface area contributed by atoms with Crippen molar-refractivity contribution in [2.75, 3.05) is 0 Å². The van der Waals surface area contributed by atoms with Crippen LogP contribution in [0.1, 0.15) is 5.56 Å². The van der Waals surface area contributed by atoms with Crippen LogP contribution in [0.4, 0.5) is 4.39 Å². The van der Waals surface area contributed by atoms with E-state index in [1.807, 2.05) is 0 Å². The minimum absolute atomic E-state index is 0.0139. The summed E-state index contributed by atoms with van der Waals surface area (Å²) < 4.78 is 12.8. The lowest BCUT2D eigenvalue weighted by Crippen LogP contribution is -2.05. The number of benzene rings is 1. The molecule has 2 nitrogen and oxygen atoms in total. The molecule has 0 fully saturated rings. The van der Waals surface area contributed by atoms with Crippen LogP contribution in [-0.4, -0.2) is 5.91 Å². The summed E-state index contributed by atoms with van der Waals surface area (Å²) in [6.45, 7) is 0. The Bertz CT molecular complexity index is 363. The van der Waals surface area contributed by atoms with Crippen LogP contribution in [0.25, 0.3) is 6.08 Å². The predicted molar refractivity (Wildman–Crippen MR) is 49.6 cm³/mol. The van der Waals surface area contributed by atoms with Gasteiger partial charge in [0.05, 0.1) is 5.02 Å². The molecule has 0 aromatic heterocycles. The summed E-state index contributed by atoms with van der Waals surface area (Å²) in [5.41, 5.74) is 5.30. The third-order valence-electron chi connectivity index (χ3n) is 1.41. The molecule has 0 aliphatic heterocycles. The molecule has 1 amide bonds. The van der Waals surface area contributed by atoms with Crippen molar-refractivity contribution in [3.63, 3.8) is 0 Å². The number of rotatable bonds is 2. The second-order valence-corrected chi connectivity index (χ2v) is 2.76. The minimum Gasteiger partial charge on any atom is -0.366 e. The van der Waals surface area contributed by atoms with E-state index in [9.17, 15) is 9.18 Å². The highest BCUT2D eigenvalue weighted by Crippen LogP contribution is 2.20. The Morgan fingerprint density at radius 3 is 2.85 bits per heavy atom. The van der Waals surface area contributed by atoms with E-state index in [4.69, 9.17) is 17.3 Å². The number of hydrogen-bond acceptors (Lipinski definition) is 1. The van der Waals surface area contributed by atoms with E-state index in [1.165, 1.54) is 18.2 Å². The van der Waals surface area contributed by atoms with Crippen LogP contribution < -0.4 is 5.73 Å². The highest BCUT2D eigenvalue weighted by molar-refractivity contribution is 6.32. The lowest BCUT2D eigenvalue weighted by atomic mass is 10.2. The zero-order valence-electron chi connectivity index (χ0n) is 6.63. The third-order valence-corrected chi connectivity index (χ3v) is 1.81. The van der Waals surface area contributed by atoms with Gasteiger partial charge in [-0.1, -0.05) is 23.7 Å². The first-order valence-electron chi connectivity index (χ1n) is 3.53. The van der Waals surface area contributed by atoms with Gasteiger partial charge in [-0.15, -0.1) is 0 Å². The van der Waals surface area contributed by atoms with E-state index < -0.39 is 11.7 Å². The molecule has 4 heteroatoms. The fourth-order valence-corrected chi connectivity index (χ4v) is 1.01. The van der Waals surface area contributed by atoms with Gasteiger partial charge in [-0.05, 0) is 17.7 Å². The van der Waals surface area contributed by atoms with E-state index in [1.54, 1.807) is 6.07 Å². The minimum atomic E-state index is -0.597. The fourth-order valence-electron chi connectivity index (χ4n) is 0.821. The quantitative estimate of drug-likeness (QED) is 0.728. The largest absolute Gasteiger partial charge is 0.366 e. The first-order chi connectivity index (χ1) is 6.11. The summed E-state index contributed by atoms with van der Waals surface area (Å²) in [5.74, 6) is -1.12. The van der Waals surface area contributed by atoms with Gasteiger partial charge >= 0.3 is 0 Å². The third kappa shape index (κ3) is 2.56. The molecule has 0 heterocycles. The van der Waals surface area contributed by atoms with Gasteiger partial charge in [0, 0.05) is 6.08 Å². The first kappa shape index (κ1) is 9.74. The summed E-state index contributed by atoms with van der Waals surface area (Å²) in [5, 5.41) is -0.0139. The predicted octanol–water partition coefficient (Wildman–Crippen LogP) is 1.98. The molecule has 1 aromatic carbocycles. The van der Waals surface area contributed by atoms with E-state index in [0.29, 0.717) is 5.56 Å². The van der Waals surface area contributed by atoms with Gasteiger partial charge in [-0.3, -0.25) is 4.79 Å². The number of nitrogens with two attached hydrogens (primary N) is 1. The molecule has 0 radical (unpaired) electrons. The van der Waals surface area contributed by atoms with Crippen LogP contribution >= 0.6 is 11.6 Å². The molecule has 1 rings (SSSR count). The Labute approximate surface area is 79.8 Å². The summed E-state index contributed by atoms with van der Waals surface area (Å²) in [4.78, 5) is 10.4. The second-order valence-electron chi connectivity index (χ2n) is 2.38.